The van der Waals surface area contributed by atoms with Crippen LogP contribution in [0.1, 0.15) is 38.0 Å². The van der Waals surface area contributed by atoms with E-state index in [2.05, 4.69) is 10.0 Å². The molecule has 1 atom stereocenters. The van der Waals surface area contributed by atoms with Gasteiger partial charge in [-0.2, -0.15) is 4.72 Å². The molecule has 0 heterocycles. The molecule has 0 radical (unpaired) electrons. The fourth-order valence-corrected chi connectivity index (χ4v) is 3.52. The summed E-state index contributed by atoms with van der Waals surface area (Å²) in [5.41, 5.74) is 0.965. The van der Waals surface area contributed by atoms with Crippen LogP contribution in [0.5, 0.6) is 0 Å². The smallest absolute Gasteiger partial charge is 0.324 e. The highest BCUT2D eigenvalue weighted by atomic mass is 32.2. The Morgan fingerprint density at radius 3 is 2.27 bits per heavy atom. The molecule has 1 amide bonds. The van der Waals surface area contributed by atoms with E-state index in [4.69, 9.17) is 6.11 Å². The topological polar surface area (TPSA) is 122 Å². The largest absolute Gasteiger partial charge is 0.480 e. The number of carbonyl (C=O) groups excluding carboxylic acids is 1. The molecule has 0 fully saturated rings. The van der Waals surface area contributed by atoms with Gasteiger partial charge in [0.25, 0.3) is 5.91 Å². The summed E-state index contributed by atoms with van der Waals surface area (Å²) in [4.78, 5) is 23.6. The summed E-state index contributed by atoms with van der Waals surface area (Å²) in [6.45, 7) is 4.59. The van der Waals surface area contributed by atoms with Gasteiger partial charge < -0.3 is 15.2 Å². The fraction of sp³-hybridized carbons (Fsp3) is 0.333. The Labute approximate surface area is 177 Å². The van der Waals surface area contributed by atoms with Gasteiger partial charge in [0, 0.05) is 12.6 Å². The summed E-state index contributed by atoms with van der Waals surface area (Å²) in [6.07, 6.45) is 0. The van der Waals surface area contributed by atoms with Crippen molar-refractivity contribution in [3.63, 3.8) is 0 Å². The number of hydrogen-bond acceptors (Lipinski definition) is 5. The minimum atomic E-state index is -4.15. The van der Waals surface area contributed by atoms with Crippen molar-refractivity contribution in [1.82, 2.24) is 4.72 Å². The number of carbonyl (C=O) groups is 2. The molecule has 3 N–H and O–H groups in total. The molecular formula is C21H26N2O6S. The number of anilines is 1. The van der Waals surface area contributed by atoms with Crippen molar-refractivity contribution < 1.29 is 29.2 Å². The van der Waals surface area contributed by atoms with Gasteiger partial charge >= 0.3 is 5.97 Å². The van der Waals surface area contributed by atoms with E-state index in [0.717, 1.165) is 5.56 Å². The van der Waals surface area contributed by atoms with Crippen LogP contribution in [0.2, 0.25) is 0 Å². The number of sulfonamides is 1. The number of rotatable bonds is 8. The van der Waals surface area contributed by atoms with E-state index in [1.807, 2.05) is 19.1 Å². The van der Waals surface area contributed by atoms with Gasteiger partial charge in [0.05, 0.1) is 17.1 Å². The minimum Gasteiger partial charge on any atom is -0.480 e. The van der Waals surface area contributed by atoms with Crippen molar-refractivity contribution >= 4 is 27.6 Å². The van der Waals surface area contributed by atoms with Gasteiger partial charge in [-0.15, -0.1) is 0 Å². The van der Waals surface area contributed by atoms with Crippen molar-refractivity contribution in [3.8, 4) is 0 Å². The monoisotopic (exact) mass is 435 g/mol. The Hall–Kier alpha value is -2.75. The van der Waals surface area contributed by atoms with Gasteiger partial charge in [-0.1, -0.05) is 17.7 Å². The molecule has 0 saturated carbocycles. The van der Waals surface area contributed by atoms with E-state index in [1.54, 1.807) is 26.0 Å². The van der Waals surface area contributed by atoms with E-state index in [0.29, 0.717) is 11.3 Å². The number of carboxylic acid groups (broad SMARTS) is 1. The Bertz CT molecular complexity index is 1020. The van der Waals surface area contributed by atoms with E-state index in [-0.39, 0.29) is 17.7 Å². The van der Waals surface area contributed by atoms with Gasteiger partial charge in [0.2, 0.25) is 10.0 Å². The summed E-state index contributed by atoms with van der Waals surface area (Å²) in [6, 6.07) is 10.8. The zero-order chi connectivity index (χ0) is 23.2. The van der Waals surface area contributed by atoms with Crippen molar-refractivity contribution in [2.75, 3.05) is 11.9 Å². The van der Waals surface area contributed by atoms with Crippen LogP contribution < -0.4 is 10.0 Å². The zero-order valence-corrected chi connectivity index (χ0v) is 17.8. The molecule has 2 aromatic rings. The van der Waals surface area contributed by atoms with Crippen LogP contribution in [0.4, 0.5) is 5.69 Å². The lowest BCUT2D eigenvalue weighted by Gasteiger charge is -2.23. The van der Waals surface area contributed by atoms with Crippen LogP contribution in [0.3, 0.4) is 0 Å². The Balaban J connectivity index is 2.08. The second-order valence-corrected chi connectivity index (χ2v) is 9.14. The molecule has 0 aliphatic carbocycles. The van der Waals surface area contributed by atoms with Crippen molar-refractivity contribution in [1.29, 1.82) is 0 Å². The van der Waals surface area contributed by atoms with Crippen LogP contribution in [0.25, 0.3) is 0 Å². The average molecular weight is 436 g/mol. The molecule has 0 aliphatic heterocycles. The van der Waals surface area contributed by atoms with Crippen LogP contribution in [-0.2, 0) is 19.6 Å². The van der Waals surface area contributed by atoms with E-state index in [1.165, 1.54) is 24.3 Å². The first kappa shape index (κ1) is 21.9. The lowest BCUT2D eigenvalue weighted by molar-refractivity contribution is -0.142. The summed E-state index contributed by atoms with van der Waals surface area (Å²) in [7, 11) is -4.15. The predicted molar refractivity (Wildman–Crippen MR) is 113 cm³/mol. The third-order valence-electron chi connectivity index (χ3n) is 3.97. The van der Waals surface area contributed by atoms with Crippen molar-refractivity contribution in [3.05, 3.63) is 59.7 Å². The molecule has 8 nitrogen and oxygen atoms in total. The maximum Gasteiger partial charge on any atom is 0.324 e. The van der Waals surface area contributed by atoms with Gasteiger partial charge in [-0.05, 0) is 64.1 Å². The molecule has 0 aromatic heterocycles. The molecule has 0 spiro atoms. The van der Waals surface area contributed by atoms with Crippen LogP contribution in [0, 0.1) is 6.92 Å². The van der Waals surface area contributed by atoms with Gasteiger partial charge in [0.15, 0.2) is 0 Å². The molecule has 0 aliphatic rings. The Morgan fingerprint density at radius 2 is 1.73 bits per heavy atom. The third-order valence-corrected chi connectivity index (χ3v) is 5.46. The highest BCUT2D eigenvalue weighted by Crippen LogP contribution is 2.16. The first-order valence-corrected chi connectivity index (χ1v) is 10.6. The highest BCUT2D eigenvalue weighted by Gasteiger charge is 2.27. The SMILES string of the molecule is [2H]CC(C)(C)OCC(NS(=O)(=O)c1ccc(NC(=O)c2ccc(C)cc2)cc1)C(=O)O. The maximum atomic E-state index is 12.6. The molecule has 0 bridgehead atoms. The first-order valence-electron chi connectivity index (χ1n) is 9.81. The molecule has 162 valence electrons. The second-order valence-electron chi connectivity index (χ2n) is 7.43. The van der Waals surface area contributed by atoms with Crippen LogP contribution in [0.15, 0.2) is 53.4 Å². The number of aryl methyl sites for hydroxylation is 1. The van der Waals surface area contributed by atoms with Crippen molar-refractivity contribution in [2.45, 2.75) is 44.2 Å². The number of carboxylic acids is 1. The molecular weight excluding hydrogens is 408 g/mol. The summed E-state index contributed by atoms with van der Waals surface area (Å²) < 4.78 is 40.0. The first-order chi connectivity index (χ1) is 14.4. The van der Waals surface area contributed by atoms with E-state index < -0.39 is 34.2 Å². The number of hydrogen-bond donors (Lipinski definition) is 3. The number of benzene rings is 2. The van der Waals surface area contributed by atoms with Crippen LogP contribution in [-0.4, -0.2) is 43.7 Å². The highest BCUT2D eigenvalue weighted by molar-refractivity contribution is 7.89. The quantitative estimate of drug-likeness (QED) is 0.586. The molecule has 0 saturated heterocycles. The van der Waals surface area contributed by atoms with Gasteiger partial charge in [0.1, 0.15) is 6.04 Å². The molecule has 2 rings (SSSR count). The number of nitrogens with one attached hydrogen (secondary N) is 2. The summed E-state index contributed by atoms with van der Waals surface area (Å²) >= 11 is 0. The summed E-state index contributed by atoms with van der Waals surface area (Å²) in [5.74, 6) is -1.74. The third kappa shape index (κ3) is 6.94. The van der Waals surface area contributed by atoms with Crippen molar-refractivity contribution in [2.24, 2.45) is 0 Å². The lowest BCUT2D eigenvalue weighted by atomic mass is 10.1. The Kier molecular flexibility index (Phi) is 6.86. The minimum absolute atomic E-state index is 0.109. The fourth-order valence-electron chi connectivity index (χ4n) is 2.35. The number of amides is 1. The number of aliphatic carboxylic acids is 1. The van der Waals surface area contributed by atoms with E-state index in [9.17, 15) is 23.1 Å². The zero-order valence-electron chi connectivity index (χ0n) is 18.0. The molecule has 1 unspecified atom stereocenters. The summed E-state index contributed by atoms with van der Waals surface area (Å²) in [5, 5.41) is 12.0. The molecule has 2 aromatic carbocycles. The van der Waals surface area contributed by atoms with Gasteiger partial charge in [-0.3, -0.25) is 9.59 Å². The average Bonchev–Trinajstić information content (AvgIpc) is 2.71. The van der Waals surface area contributed by atoms with Crippen LogP contribution >= 0.6 is 0 Å². The normalized spacial score (nSPS) is 13.4. The molecule has 30 heavy (non-hydrogen) atoms. The number of ether oxygens (including phenoxy) is 1. The lowest BCUT2D eigenvalue weighted by Crippen LogP contribution is -2.45. The second kappa shape index (κ2) is 9.38. The van der Waals surface area contributed by atoms with E-state index >= 15 is 0 Å². The Morgan fingerprint density at radius 1 is 1.13 bits per heavy atom. The standard InChI is InChI=1S/C21H26N2O6S/c1-14-5-7-15(8-6-14)19(24)22-16-9-11-17(12-10-16)30(27,28)23-18(20(25)26)13-29-21(2,3)4/h5-12,18,23H,13H2,1-4H3,(H,22,24)(H,25,26)/i2D. The molecule has 9 heteroatoms. The maximum absolute atomic E-state index is 12.6. The predicted octanol–water partition coefficient (Wildman–Crippen LogP) is 2.79. The van der Waals surface area contributed by atoms with Gasteiger partial charge in [-0.25, -0.2) is 8.42 Å².